The minimum Gasteiger partial charge on any atom is -0.444 e. The number of nitro groups is 1. The van der Waals surface area contributed by atoms with E-state index >= 15 is 0 Å². The molecule has 0 fully saturated rings. The van der Waals surface area contributed by atoms with Crippen molar-refractivity contribution in [2.24, 2.45) is 5.73 Å². The van der Waals surface area contributed by atoms with Crippen molar-refractivity contribution in [1.82, 2.24) is 0 Å². The van der Waals surface area contributed by atoms with E-state index in [9.17, 15) is 20.2 Å². The Kier molecular flexibility index (Phi) is 4.45. The summed E-state index contributed by atoms with van der Waals surface area (Å²) in [5.41, 5.74) is 7.11. The first-order chi connectivity index (χ1) is 13.5. The topological polar surface area (TPSA) is 119 Å². The van der Waals surface area contributed by atoms with E-state index in [0.717, 1.165) is 4.88 Å². The Hall–Kier alpha value is -3.44. The first-order valence-corrected chi connectivity index (χ1v) is 9.49. The lowest BCUT2D eigenvalue weighted by Gasteiger charge is -2.33. The number of carbonyl (C=O) groups excluding carboxylic acids is 1. The molecular formula is C20H15N3O4S. The number of hydrogen-bond donors (Lipinski definition) is 1. The van der Waals surface area contributed by atoms with Crippen molar-refractivity contribution >= 4 is 22.8 Å². The van der Waals surface area contributed by atoms with Gasteiger partial charge in [-0.3, -0.25) is 14.9 Å². The Morgan fingerprint density at radius 1 is 1.25 bits per heavy atom. The number of nitriles is 1. The van der Waals surface area contributed by atoms with Crippen LogP contribution in [0.25, 0.3) is 0 Å². The van der Waals surface area contributed by atoms with Crippen molar-refractivity contribution < 1.29 is 14.5 Å². The van der Waals surface area contributed by atoms with E-state index in [2.05, 4.69) is 0 Å². The summed E-state index contributed by atoms with van der Waals surface area (Å²) in [7, 11) is 0. The molecule has 2 aromatic rings. The molecule has 7 nitrogen and oxygen atoms in total. The Balaban J connectivity index is 1.78. The highest BCUT2D eigenvalue weighted by Gasteiger charge is 2.41. The van der Waals surface area contributed by atoms with E-state index in [-0.39, 0.29) is 28.8 Å². The first kappa shape index (κ1) is 17.9. The van der Waals surface area contributed by atoms with Crippen molar-refractivity contribution in [1.29, 1.82) is 5.26 Å². The van der Waals surface area contributed by atoms with Crippen LogP contribution >= 0.6 is 11.3 Å². The van der Waals surface area contributed by atoms with E-state index in [1.807, 2.05) is 23.6 Å². The number of allylic oxidation sites excluding steroid dienone is 3. The number of Topliss-reactive ketones (excluding diaryl/α,β-unsaturated/α-hetero) is 1. The monoisotopic (exact) mass is 393 g/mol. The third-order valence-corrected chi connectivity index (χ3v) is 6.08. The third kappa shape index (κ3) is 2.96. The van der Waals surface area contributed by atoms with Gasteiger partial charge in [0.15, 0.2) is 5.78 Å². The second kappa shape index (κ2) is 6.94. The van der Waals surface area contributed by atoms with E-state index in [4.69, 9.17) is 10.5 Å². The molecule has 0 unspecified atom stereocenters. The summed E-state index contributed by atoms with van der Waals surface area (Å²) in [6, 6.07) is 11.8. The number of carbonyl (C=O) groups is 1. The molecule has 0 saturated carbocycles. The van der Waals surface area contributed by atoms with Crippen LogP contribution in [0.2, 0.25) is 0 Å². The molecule has 0 bridgehead atoms. The smallest absolute Gasteiger partial charge is 0.269 e. The zero-order chi connectivity index (χ0) is 19.8. The average Bonchev–Trinajstić information content (AvgIpc) is 3.21. The van der Waals surface area contributed by atoms with Crippen molar-refractivity contribution in [3.05, 3.63) is 85.1 Å². The van der Waals surface area contributed by atoms with Crippen LogP contribution in [0.3, 0.4) is 0 Å². The molecule has 0 saturated heterocycles. The molecule has 1 aromatic heterocycles. The van der Waals surface area contributed by atoms with Gasteiger partial charge in [-0.15, -0.1) is 11.3 Å². The van der Waals surface area contributed by atoms with E-state index in [1.54, 1.807) is 23.5 Å². The number of ether oxygens (including phenoxy) is 1. The summed E-state index contributed by atoms with van der Waals surface area (Å²) < 4.78 is 5.70. The number of nitrogens with two attached hydrogens (primary N) is 1. The quantitative estimate of drug-likeness (QED) is 0.624. The Labute approximate surface area is 164 Å². The third-order valence-electron chi connectivity index (χ3n) is 5.04. The summed E-state index contributed by atoms with van der Waals surface area (Å²) in [5, 5.41) is 22.5. The zero-order valence-corrected chi connectivity index (χ0v) is 15.4. The average molecular weight is 393 g/mol. The first-order valence-electron chi connectivity index (χ1n) is 8.61. The van der Waals surface area contributed by atoms with Gasteiger partial charge in [-0.2, -0.15) is 5.26 Å². The van der Waals surface area contributed by atoms with Crippen molar-refractivity contribution in [3.63, 3.8) is 0 Å². The van der Waals surface area contributed by atoms with Gasteiger partial charge in [0.05, 0.1) is 10.8 Å². The molecule has 8 heteroatoms. The fraction of sp³-hybridized carbons (Fsp3) is 0.200. The van der Waals surface area contributed by atoms with Crippen LogP contribution in [0.4, 0.5) is 5.69 Å². The summed E-state index contributed by atoms with van der Waals surface area (Å²) >= 11 is 1.59. The second-order valence-electron chi connectivity index (χ2n) is 6.65. The highest BCUT2D eigenvalue weighted by atomic mass is 32.1. The highest BCUT2D eigenvalue weighted by molar-refractivity contribution is 7.10. The van der Waals surface area contributed by atoms with Gasteiger partial charge in [0.1, 0.15) is 17.4 Å². The van der Waals surface area contributed by atoms with Crippen LogP contribution in [-0.2, 0) is 9.53 Å². The number of thiophene rings is 1. The fourth-order valence-electron chi connectivity index (χ4n) is 3.75. The highest BCUT2D eigenvalue weighted by Crippen LogP contribution is 2.47. The summed E-state index contributed by atoms with van der Waals surface area (Å²) in [4.78, 5) is 24.6. The van der Waals surface area contributed by atoms with Gasteiger partial charge >= 0.3 is 0 Å². The molecule has 0 spiro atoms. The molecule has 4 rings (SSSR count). The number of benzene rings is 1. The number of nitro benzene ring substituents is 1. The summed E-state index contributed by atoms with van der Waals surface area (Å²) in [6.45, 7) is 0. The predicted octanol–water partition coefficient (Wildman–Crippen LogP) is 3.86. The minimum absolute atomic E-state index is 0.0141. The second-order valence-corrected chi connectivity index (χ2v) is 7.63. The lowest BCUT2D eigenvalue weighted by atomic mass is 9.75. The van der Waals surface area contributed by atoms with Crippen LogP contribution in [-0.4, -0.2) is 10.7 Å². The lowest BCUT2D eigenvalue weighted by Crippen LogP contribution is -2.29. The Morgan fingerprint density at radius 3 is 2.61 bits per heavy atom. The molecule has 28 heavy (non-hydrogen) atoms. The summed E-state index contributed by atoms with van der Waals surface area (Å²) in [6.07, 6.45) is 0.843. The van der Waals surface area contributed by atoms with Gasteiger partial charge in [0.25, 0.3) is 5.69 Å². The van der Waals surface area contributed by atoms with Crippen LogP contribution in [0.15, 0.2) is 64.6 Å². The van der Waals surface area contributed by atoms with Gasteiger partial charge in [-0.1, -0.05) is 18.2 Å². The molecule has 2 heterocycles. The lowest BCUT2D eigenvalue weighted by molar-refractivity contribution is -0.384. The molecule has 2 atom stereocenters. The molecule has 1 aliphatic heterocycles. The van der Waals surface area contributed by atoms with Crippen LogP contribution < -0.4 is 5.73 Å². The molecule has 1 aromatic carbocycles. The SMILES string of the molecule is N#CC1=C(N)OC2=C(C(=O)C[C@@H](c3cccs3)C2)[C@@H]1c1ccc([N+](=O)[O-])cc1. The van der Waals surface area contributed by atoms with Crippen LogP contribution in [0, 0.1) is 21.4 Å². The fourth-order valence-corrected chi connectivity index (χ4v) is 4.58. The van der Waals surface area contributed by atoms with E-state index in [0.29, 0.717) is 29.7 Å². The maximum Gasteiger partial charge on any atom is 0.269 e. The maximum atomic E-state index is 13.0. The van der Waals surface area contributed by atoms with E-state index < -0.39 is 10.8 Å². The largest absolute Gasteiger partial charge is 0.444 e. The molecule has 1 aliphatic carbocycles. The summed E-state index contributed by atoms with van der Waals surface area (Å²) in [5.74, 6) is -0.298. The number of hydrogen-bond acceptors (Lipinski definition) is 7. The Morgan fingerprint density at radius 2 is 2.00 bits per heavy atom. The van der Waals surface area contributed by atoms with Gasteiger partial charge in [-0.05, 0) is 17.0 Å². The van der Waals surface area contributed by atoms with Gasteiger partial charge in [0, 0.05) is 41.3 Å². The molecular weight excluding hydrogens is 378 g/mol. The van der Waals surface area contributed by atoms with Crippen molar-refractivity contribution in [2.75, 3.05) is 0 Å². The Bertz CT molecular complexity index is 1060. The molecule has 2 aliphatic rings. The molecule has 140 valence electrons. The predicted molar refractivity (Wildman–Crippen MR) is 102 cm³/mol. The number of ketones is 1. The van der Waals surface area contributed by atoms with Gasteiger partial charge in [-0.25, -0.2) is 0 Å². The number of non-ortho nitro benzene ring substituents is 1. The molecule has 0 radical (unpaired) electrons. The normalized spacial score (nSPS) is 21.8. The van der Waals surface area contributed by atoms with Crippen molar-refractivity contribution in [3.8, 4) is 6.07 Å². The molecule has 0 amide bonds. The van der Waals surface area contributed by atoms with Crippen LogP contribution in [0.1, 0.15) is 35.1 Å². The molecule has 2 N–H and O–H groups in total. The maximum absolute atomic E-state index is 13.0. The standard InChI is InChI=1S/C20H15N3O4S/c21-10-14-18(11-3-5-13(6-4-11)23(25)26)19-15(24)8-12(17-2-1-7-28-17)9-16(19)27-20(14)22/h1-7,12,18H,8-9,22H2/t12-,18-/m1/s1. The van der Waals surface area contributed by atoms with E-state index in [1.165, 1.54) is 12.1 Å². The van der Waals surface area contributed by atoms with Gasteiger partial charge < -0.3 is 10.5 Å². The zero-order valence-electron chi connectivity index (χ0n) is 14.6. The number of nitrogens with zero attached hydrogens (tertiary/aromatic N) is 2. The van der Waals surface area contributed by atoms with Crippen molar-refractivity contribution in [2.45, 2.75) is 24.7 Å². The van der Waals surface area contributed by atoms with Crippen LogP contribution in [0.5, 0.6) is 0 Å². The van der Waals surface area contributed by atoms with Gasteiger partial charge in [0.2, 0.25) is 5.88 Å². The number of rotatable bonds is 3. The minimum atomic E-state index is -0.675.